The minimum absolute atomic E-state index is 0.0924. The number of sulfonamides is 1. The molecule has 2 atom stereocenters. The number of carbonyl (C=O) groups is 1. The zero-order valence-electron chi connectivity index (χ0n) is 18.4. The fourth-order valence-corrected chi connectivity index (χ4v) is 5.45. The number of carbonyl (C=O) groups excluding carboxylic acids is 1. The molecule has 0 saturated carbocycles. The molecule has 12 heteroatoms. The number of ether oxygens (including phenoxy) is 1. The largest absolute Gasteiger partial charge is 0.491 e. The standard InChI is InChI=1S/C22H21F2N3O6S/c1-10-4-5-13(23)17(11(10)2)12(3)19(21-25-26-22(29)33-21)27-34(30,31)16-7-6-14(24)18-15(28)8-9-32-20(16)18/h4-7,12,19,27H,8-9H2,1-3H3,(H,26,29)/t12-,19+/m1/s1. The Morgan fingerprint density at radius 2 is 1.82 bits per heavy atom. The molecule has 1 aromatic heterocycles. The van der Waals surface area contributed by atoms with Crippen molar-refractivity contribution >= 4 is 15.8 Å². The lowest BCUT2D eigenvalue weighted by molar-refractivity contribution is 0.0925. The lowest BCUT2D eigenvalue weighted by atomic mass is 9.88. The second kappa shape index (κ2) is 8.76. The average Bonchev–Trinajstić information content (AvgIpc) is 3.21. The van der Waals surface area contributed by atoms with Gasteiger partial charge in [-0.3, -0.25) is 4.79 Å². The maximum absolute atomic E-state index is 14.8. The Morgan fingerprint density at radius 1 is 1.12 bits per heavy atom. The van der Waals surface area contributed by atoms with E-state index in [9.17, 15) is 26.8 Å². The molecule has 0 unspecified atom stereocenters. The molecule has 0 saturated heterocycles. The molecule has 0 aliphatic carbocycles. The van der Waals surface area contributed by atoms with Gasteiger partial charge in [-0.2, -0.15) is 4.72 Å². The first-order valence-corrected chi connectivity index (χ1v) is 11.8. The molecule has 2 N–H and O–H groups in total. The Balaban J connectivity index is 1.83. The molecule has 2 heterocycles. The van der Waals surface area contributed by atoms with Crippen molar-refractivity contribution in [2.45, 2.75) is 44.0 Å². The van der Waals surface area contributed by atoms with Crippen LogP contribution in [0.4, 0.5) is 8.78 Å². The third kappa shape index (κ3) is 4.14. The monoisotopic (exact) mass is 493 g/mol. The Bertz CT molecular complexity index is 1450. The van der Waals surface area contributed by atoms with Crippen LogP contribution in [-0.2, 0) is 10.0 Å². The highest BCUT2D eigenvalue weighted by Gasteiger charge is 2.36. The summed E-state index contributed by atoms with van der Waals surface area (Å²) in [5.41, 5.74) is 1.10. The van der Waals surface area contributed by atoms with Crippen LogP contribution in [0.1, 0.15) is 58.2 Å². The Morgan fingerprint density at radius 3 is 2.50 bits per heavy atom. The number of benzene rings is 2. The molecule has 34 heavy (non-hydrogen) atoms. The van der Waals surface area contributed by atoms with Gasteiger partial charge in [-0.1, -0.05) is 13.0 Å². The normalized spacial score (nSPS) is 15.5. The van der Waals surface area contributed by atoms with Crippen LogP contribution in [0, 0.1) is 25.5 Å². The summed E-state index contributed by atoms with van der Waals surface area (Å²) < 4.78 is 68.7. The molecule has 2 aromatic carbocycles. The lowest BCUT2D eigenvalue weighted by Crippen LogP contribution is -2.34. The number of Topliss-reactive ketones (excluding diaryl/α,β-unsaturated/α-hetero) is 1. The van der Waals surface area contributed by atoms with Crippen molar-refractivity contribution in [3.8, 4) is 5.75 Å². The van der Waals surface area contributed by atoms with Crippen molar-refractivity contribution in [3.63, 3.8) is 0 Å². The summed E-state index contributed by atoms with van der Waals surface area (Å²) >= 11 is 0. The van der Waals surface area contributed by atoms with Crippen LogP contribution < -0.4 is 15.2 Å². The van der Waals surface area contributed by atoms with Crippen molar-refractivity contribution in [2.75, 3.05) is 6.61 Å². The number of halogens is 2. The van der Waals surface area contributed by atoms with E-state index in [1.807, 2.05) is 0 Å². The molecule has 1 aliphatic rings. The lowest BCUT2D eigenvalue weighted by Gasteiger charge is -2.26. The average molecular weight is 493 g/mol. The zero-order chi connectivity index (χ0) is 24.8. The van der Waals surface area contributed by atoms with E-state index in [-0.39, 0.29) is 24.5 Å². The second-order valence-electron chi connectivity index (χ2n) is 8.01. The molecule has 0 spiro atoms. The van der Waals surface area contributed by atoms with Crippen LogP contribution in [-0.4, -0.2) is 31.0 Å². The quantitative estimate of drug-likeness (QED) is 0.540. The predicted octanol–water partition coefficient (Wildman–Crippen LogP) is 3.05. The SMILES string of the molecule is Cc1ccc(F)c([C@@H](C)[C@H](NS(=O)(=O)c2ccc(F)c3c2OCCC3=O)c2n[nH]c(=O)o2)c1C. The maximum Gasteiger partial charge on any atom is 0.434 e. The number of fused-ring (bicyclic) bond motifs is 1. The number of aromatic nitrogens is 2. The Kier molecular flexibility index (Phi) is 6.13. The number of rotatable bonds is 6. The highest BCUT2D eigenvalue weighted by Crippen LogP contribution is 2.38. The number of aromatic amines is 1. The second-order valence-corrected chi connectivity index (χ2v) is 9.70. The minimum atomic E-state index is -4.50. The molecule has 4 rings (SSSR count). The highest BCUT2D eigenvalue weighted by molar-refractivity contribution is 7.89. The number of hydrogen-bond acceptors (Lipinski definition) is 7. The van der Waals surface area contributed by atoms with Gasteiger partial charge in [0.05, 0.1) is 12.2 Å². The highest BCUT2D eigenvalue weighted by atomic mass is 32.2. The van der Waals surface area contributed by atoms with E-state index in [0.717, 1.165) is 17.7 Å². The number of aryl methyl sites for hydroxylation is 1. The van der Waals surface area contributed by atoms with E-state index >= 15 is 0 Å². The van der Waals surface area contributed by atoms with Crippen molar-refractivity contribution < 1.29 is 31.1 Å². The van der Waals surface area contributed by atoms with Gasteiger partial charge in [0.2, 0.25) is 15.9 Å². The van der Waals surface area contributed by atoms with Crippen LogP contribution in [0.3, 0.4) is 0 Å². The van der Waals surface area contributed by atoms with E-state index < -0.39 is 61.4 Å². The van der Waals surface area contributed by atoms with Crippen LogP contribution in [0.25, 0.3) is 0 Å². The van der Waals surface area contributed by atoms with Crippen LogP contribution in [0.2, 0.25) is 0 Å². The van der Waals surface area contributed by atoms with E-state index in [1.165, 1.54) is 6.07 Å². The van der Waals surface area contributed by atoms with E-state index in [2.05, 4.69) is 14.9 Å². The summed E-state index contributed by atoms with van der Waals surface area (Å²) in [5.74, 6) is -4.62. The number of ketones is 1. The van der Waals surface area contributed by atoms with Crippen molar-refractivity contribution in [3.05, 3.63) is 74.6 Å². The summed E-state index contributed by atoms with van der Waals surface area (Å²) in [6.07, 6.45) is -0.0924. The van der Waals surface area contributed by atoms with Gasteiger partial charge in [-0.05, 0) is 48.7 Å². The molecular formula is C22H21F2N3O6S. The van der Waals surface area contributed by atoms with Gasteiger partial charge < -0.3 is 9.15 Å². The first-order chi connectivity index (χ1) is 16.0. The third-order valence-corrected chi connectivity index (χ3v) is 7.37. The maximum atomic E-state index is 14.8. The number of H-pyrrole nitrogens is 1. The Hall–Kier alpha value is -3.38. The van der Waals surface area contributed by atoms with Gasteiger partial charge in [0, 0.05) is 12.3 Å². The zero-order valence-corrected chi connectivity index (χ0v) is 19.3. The molecule has 0 radical (unpaired) electrons. The third-order valence-electron chi connectivity index (χ3n) is 5.91. The molecule has 3 aromatic rings. The van der Waals surface area contributed by atoms with Crippen molar-refractivity contribution in [1.82, 2.24) is 14.9 Å². The minimum Gasteiger partial charge on any atom is -0.491 e. The summed E-state index contributed by atoms with van der Waals surface area (Å²) in [4.78, 5) is 23.3. The summed E-state index contributed by atoms with van der Waals surface area (Å²) in [6, 6.07) is 3.34. The topological polar surface area (TPSA) is 131 Å². The molecule has 0 amide bonds. The van der Waals surface area contributed by atoms with Gasteiger partial charge in [0.25, 0.3) is 0 Å². The molecule has 1 aliphatic heterocycles. The molecule has 9 nitrogen and oxygen atoms in total. The fraction of sp³-hybridized carbons (Fsp3) is 0.318. The number of nitrogens with one attached hydrogen (secondary N) is 2. The van der Waals surface area contributed by atoms with Crippen LogP contribution in [0.15, 0.2) is 38.4 Å². The van der Waals surface area contributed by atoms with E-state index in [4.69, 9.17) is 9.15 Å². The van der Waals surface area contributed by atoms with Crippen LogP contribution in [0.5, 0.6) is 5.75 Å². The predicted molar refractivity (Wildman–Crippen MR) is 115 cm³/mol. The summed E-state index contributed by atoms with van der Waals surface area (Å²) in [7, 11) is -4.50. The van der Waals surface area contributed by atoms with E-state index in [0.29, 0.717) is 5.56 Å². The molecule has 0 fully saturated rings. The molecule has 180 valence electrons. The van der Waals surface area contributed by atoms with Gasteiger partial charge in [-0.25, -0.2) is 27.1 Å². The fourth-order valence-electron chi connectivity index (χ4n) is 4.03. The summed E-state index contributed by atoms with van der Waals surface area (Å²) in [5, 5.41) is 5.80. The number of hydrogen-bond donors (Lipinski definition) is 2. The Labute approximate surface area is 193 Å². The van der Waals surface area contributed by atoms with Gasteiger partial charge in [0.15, 0.2) is 11.5 Å². The first kappa shape index (κ1) is 23.8. The van der Waals surface area contributed by atoms with Gasteiger partial charge in [-0.15, -0.1) is 5.10 Å². The summed E-state index contributed by atoms with van der Waals surface area (Å²) in [6.45, 7) is 4.90. The van der Waals surface area contributed by atoms with Crippen molar-refractivity contribution in [1.29, 1.82) is 0 Å². The van der Waals surface area contributed by atoms with Gasteiger partial charge in [0.1, 0.15) is 22.6 Å². The van der Waals surface area contributed by atoms with Crippen LogP contribution >= 0.6 is 0 Å². The smallest absolute Gasteiger partial charge is 0.434 e. The van der Waals surface area contributed by atoms with Crippen molar-refractivity contribution in [2.24, 2.45) is 0 Å². The molecular weight excluding hydrogens is 472 g/mol. The van der Waals surface area contributed by atoms with E-state index in [1.54, 1.807) is 26.8 Å². The number of nitrogens with zero attached hydrogens (tertiary/aromatic N) is 1. The molecule has 0 bridgehead atoms. The van der Waals surface area contributed by atoms with Gasteiger partial charge >= 0.3 is 5.76 Å². The first-order valence-electron chi connectivity index (χ1n) is 10.3.